The first-order valence-electron chi connectivity index (χ1n) is 4.57. The average Bonchev–Trinajstić information content (AvgIpc) is 2.17. The van der Waals surface area contributed by atoms with Crippen LogP contribution in [0.3, 0.4) is 0 Å². The highest BCUT2D eigenvalue weighted by Gasteiger charge is 2.14. The number of aliphatic hydroxyl groups is 1. The summed E-state index contributed by atoms with van der Waals surface area (Å²) >= 11 is 0. The molecule has 0 amide bonds. The number of esters is 1. The highest BCUT2D eigenvalue weighted by Crippen LogP contribution is 1.97. The molecule has 0 heterocycles. The van der Waals surface area contributed by atoms with Gasteiger partial charge in [-0.2, -0.15) is 0 Å². The van der Waals surface area contributed by atoms with E-state index in [4.69, 9.17) is 5.11 Å². The van der Waals surface area contributed by atoms with Crippen LogP contribution < -0.4 is 5.32 Å². The third-order valence-electron chi connectivity index (χ3n) is 2.03. The van der Waals surface area contributed by atoms with Crippen LogP contribution in [-0.4, -0.2) is 37.4 Å². The van der Waals surface area contributed by atoms with Gasteiger partial charge in [-0.3, -0.25) is 4.79 Å². The molecule has 0 bridgehead atoms. The highest BCUT2D eigenvalue weighted by atomic mass is 16.5. The predicted octanol–water partition coefficient (Wildman–Crippen LogP) is 0.156. The second-order valence-electron chi connectivity index (χ2n) is 3.12. The summed E-state index contributed by atoms with van der Waals surface area (Å²) in [4.78, 5) is 11.0. The fraction of sp³-hybridized carbons (Fsp3) is 0.889. The Morgan fingerprint density at radius 3 is 2.62 bits per heavy atom. The Labute approximate surface area is 79.3 Å². The van der Waals surface area contributed by atoms with E-state index in [2.05, 4.69) is 10.1 Å². The van der Waals surface area contributed by atoms with Crippen LogP contribution in [0.2, 0.25) is 0 Å². The molecule has 0 aliphatic rings. The molecule has 2 unspecified atom stereocenters. The molecule has 0 saturated heterocycles. The Kier molecular flexibility index (Phi) is 6.54. The predicted molar refractivity (Wildman–Crippen MR) is 50.3 cm³/mol. The Morgan fingerprint density at radius 2 is 2.23 bits per heavy atom. The molecule has 0 aromatic rings. The maximum absolute atomic E-state index is 11.0. The molecule has 0 spiro atoms. The average molecular weight is 189 g/mol. The minimum Gasteiger partial charge on any atom is -0.469 e. The molecule has 0 aliphatic carbocycles. The number of nitrogens with one attached hydrogen (secondary N) is 1. The monoisotopic (exact) mass is 189 g/mol. The fourth-order valence-electron chi connectivity index (χ4n) is 0.966. The normalized spacial score (nSPS) is 15.1. The van der Waals surface area contributed by atoms with Crippen LogP contribution in [0, 0.1) is 5.92 Å². The number of hydrogen-bond donors (Lipinski definition) is 2. The highest BCUT2D eigenvalue weighted by molar-refractivity contribution is 5.72. The number of ether oxygens (including phenoxy) is 1. The van der Waals surface area contributed by atoms with Gasteiger partial charge in [-0.25, -0.2) is 0 Å². The summed E-state index contributed by atoms with van der Waals surface area (Å²) < 4.78 is 4.57. The van der Waals surface area contributed by atoms with Gasteiger partial charge in [0.05, 0.1) is 19.6 Å². The standard InChI is InChI=1S/C9H19NO3/c1-4-8(6-11)10-5-7(2)9(12)13-3/h7-8,10-11H,4-6H2,1-3H3. The number of hydrogen-bond acceptors (Lipinski definition) is 4. The van der Waals surface area contributed by atoms with Crippen LogP contribution in [0.5, 0.6) is 0 Å². The van der Waals surface area contributed by atoms with E-state index in [-0.39, 0.29) is 24.5 Å². The maximum atomic E-state index is 11.0. The van der Waals surface area contributed by atoms with Gasteiger partial charge in [0, 0.05) is 12.6 Å². The Bertz CT molecular complexity index is 146. The van der Waals surface area contributed by atoms with E-state index < -0.39 is 0 Å². The number of rotatable bonds is 6. The topological polar surface area (TPSA) is 58.6 Å². The lowest BCUT2D eigenvalue weighted by Crippen LogP contribution is -2.37. The van der Waals surface area contributed by atoms with Gasteiger partial charge < -0.3 is 15.2 Å². The number of aliphatic hydroxyl groups excluding tert-OH is 1. The molecule has 0 fully saturated rings. The van der Waals surface area contributed by atoms with Crippen LogP contribution in [-0.2, 0) is 9.53 Å². The van der Waals surface area contributed by atoms with Crippen molar-refractivity contribution in [2.24, 2.45) is 5.92 Å². The van der Waals surface area contributed by atoms with E-state index in [1.54, 1.807) is 6.92 Å². The van der Waals surface area contributed by atoms with E-state index in [1.807, 2.05) is 6.92 Å². The fourth-order valence-corrected chi connectivity index (χ4v) is 0.966. The second kappa shape index (κ2) is 6.86. The van der Waals surface area contributed by atoms with E-state index in [1.165, 1.54) is 7.11 Å². The van der Waals surface area contributed by atoms with Gasteiger partial charge in [0.25, 0.3) is 0 Å². The summed E-state index contributed by atoms with van der Waals surface area (Å²) in [6.07, 6.45) is 0.852. The van der Waals surface area contributed by atoms with Gasteiger partial charge in [-0.05, 0) is 6.42 Å². The van der Waals surface area contributed by atoms with Gasteiger partial charge in [0.15, 0.2) is 0 Å². The first-order valence-corrected chi connectivity index (χ1v) is 4.57. The second-order valence-corrected chi connectivity index (χ2v) is 3.12. The van der Waals surface area contributed by atoms with Crippen LogP contribution in [0.4, 0.5) is 0 Å². The lowest BCUT2D eigenvalue weighted by atomic mass is 10.1. The van der Waals surface area contributed by atoms with Crippen molar-refractivity contribution in [2.45, 2.75) is 26.3 Å². The van der Waals surface area contributed by atoms with E-state index in [0.29, 0.717) is 6.54 Å². The minimum absolute atomic E-state index is 0.0760. The van der Waals surface area contributed by atoms with Crippen LogP contribution in [0.15, 0.2) is 0 Å². The molecular formula is C9H19NO3. The Balaban J connectivity index is 3.67. The summed E-state index contributed by atoms with van der Waals surface area (Å²) in [5.74, 6) is -0.383. The van der Waals surface area contributed by atoms with Gasteiger partial charge >= 0.3 is 5.97 Å². The first-order chi connectivity index (χ1) is 6.15. The molecule has 2 atom stereocenters. The van der Waals surface area contributed by atoms with Crippen molar-refractivity contribution < 1.29 is 14.6 Å². The molecule has 78 valence electrons. The Morgan fingerprint density at radius 1 is 1.62 bits per heavy atom. The lowest BCUT2D eigenvalue weighted by Gasteiger charge is -2.16. The molecule has 0 aromatic heterocycles. The van der Waals surface area contributed by atoms with E-state index in [9.17, 15) is 4.79 Å². The number of carbonyl (C=O) groups is 1. The maximum Gasteiger partial charge on any atom is 0.309 e. The first kappa shape index (κ1) is 12.4. The van der Waals surface area contributed by atoms with Crippen LogP contribution in [0.1, 0.15) is 20.3 Å². The molecule has 0 aromatic carbocycles. The minimum atomic E-state index is -0.222. The zero-order valence-corrected chi connectivity index (χ0v) is 8.54. The SMILES string of the molecule is CCC(CO)NCC(C)C(=O)OC. The summed E-state index contributed by atoms with van der Waals surface area (Å²) in [6.45, 7) is 4.43. The number of carbonyl (C=O) groups excluding carboxylic acids is 1. The van der Waals surface area contributed by atoms with Crippen molar-refractivity contribution in [3.63, 3.8) is 0 Å². The third kappa shape index (κ3) is 4.85. The van der Waals surface area contributed by atoms with Crippen molar-refractivity contribution in [2.75, 3.05) is 20.3 Å². The summed E-state index contributed by atoms with van der Waals surface area (Å²) in [7, 11) is 1.38. The molecule has 0 rings (SSSR count). The van der Waals surface area contributed by atoms with Crippen molar-refractivity contribution in [3.8, 4) is 0 Å². The smallest absolute Gasteiger partial charge is 0.309 e. The molecule has 0 radical (unpaired) electrons. The largest absolute Gasteiger partial charge is 0.469 e. The molecule has 13 heavy (non-hydrogen) atoms. The number of methoxy groups -OCH3 is 1. The van der Waals surface area contributed by atoms with Crippen molar-refractivity contribution in [1.82, 2.24) is 5.32 Å². The third-order valence-corrected chi connectivity index (χ3v) is 2.03. The van der Waals surface area contributed by atoms with Gasteiger partial charge in [-0.15, -0.1) is 0 Å². The van der Waals surface area contributed by atoms with Gasteiger partial charge in [0.2, 0.25) is 0 Å². The van der Waals surface area contributed by atoms with Crippen molar-refractivity contribution in [3.05, 3.63) is 0 Å². The van der Waals surface area contributed by atoms with Crippen LogP contribution in [0.25, 0.3) is 0 Å². The van der Waals surface area contributed by atoms with Crippen molar-refractivity contribution in [1.29, 1.82) is 0 Å². The zero-order valence-electron chi connectivity index (χ0n) is 8.54. The zero-order chi connectivity index (χ0) is 10.3. The Hall–Kier alpha value is -0.610. The quantitative estimate of drug-likeness (QED) is 0.584. The van der Waals surface area contributed by atoms with Crippen molar-refractivity contribution >= 4 is 5.97 Å². The lowest BCUT2D eigenvalue weighted by molar-refractivity contribution is -0.144. The molecular weight excluding hydrogens is 170 g/mol. The van der Waals surface area contributed by atoms with Crippen LogP contribution >= 0.6 is 0 Å². The summed E-state index contributed by atoms with van der Waals surface area (Å²) in [6, 6.07) is 0.0760. The molecule has 0 saturated carbocycles. The summed E-state index contributed by atoms with van der Waals surface area (Å²) in [5.41, 5.74) is 0. The van der Waals surface area contributed by atoms with E-state index >= 15 is 0 Å². The van der Waals surface area contributed by atoms with E-state index in [0.717, 1.165) is 6.42 Å². The summed E-state index contributed by atoms with van der Waals surface area (Å²) in [5, 5.41) is 11.9. The van der Waals surface area contributed by atoms with Gasteiger partial charge in [0.1, 0.15) is 0 Å². The molecule has 0 aliphatic heterocycles. The molecule has 4 heteroatoms. The molecule has 4 nitrogen and oxygen atoms in total. The van der Waals surface area contributed by atoms with Gasteiger partial charge in [-0.1, -0.05) is 13.8 Å². The molecule has 2 N–H and O–H groups in total.